The molecule has 0 aliphatic heterocycles. The van der Waals surface area contributed by atoms with Gasteiger partial charge in [-0.3, -0.25) is 0 Å². The average molecular weight is 244 g/mol. The van der Waals surface area contributed by atoms with Gasteiger partial charge in [-0.2, -0.15) is 0 Å². The van der Waals surface area contributed by atoms with Crippen LogP contribution in [0.25, 0.3) is 0 Å². The van der Waals surface area contributed by atoms with Gasteiger partial charge in [0.05, 0.1) is 0 Å². The van der Waals surface area contributed by atoms with Gasteiger partial charge in [0.2, 0.25) is 0 Å². The first-order valence-corrected chi connectivity index (χ1v) is 8.37. The monoisotopic (exact) mass is 244 g/mol. The Morgan fingerprint density at radius 1 is 0.333 bits per heavy atom. The molecule has 0 bridgehead atoms. The highest BCUT2D eigenvalue weighted by molar-refractivity contribution is 5.41. The Bertz CT molecular complexity index is 320. The standard InChI is InChI=1S/C18H28/c1-3-9-15-11-7-8-12-16-10-4-2-6-14-18(16)17(15)13-5-1/h1-14H2. The lowest BCUT2D eigenvalue weighted by Gasteiger charge is -2.22. The van der Waals surface area contributed by atoms with Gasteiger partial charge in [-0.05, 0) is 88.2 Å². The van der Waals surface area contributed by atoms with Gasteiger partial charge in [-0.25, -0.2) is 0 Å². The summed E-state index contributed by atoms with van der Waals surface area (Å²) in [7, 11) is 0. The zero-order chi connectivity index (χ0) is 12.2. The van der Waals surface area contributed by atoms with Crippen molar-refractivity contribution in [3.63, 3.8) is 0 Å². The van der Waals surface area contributed by atoms with Crippen LogP contribution >= 0.6 is 0 Å². The molecule has 3 aliphatic rings. The number of hydrogen-bond acceptors (Lipinski definition) is 0. The van der Waals surface area contributed by atoms with Crippen LogP contribution in [0.2, 0.25) is 0 Å². The molecule has 0 spiro atoms. The number of rotatable bonds is 0. The van der Waals surface area contributed by atoms with Crippen molar-refractivity contribution < 1.29 is 0 Å². The molecular formula is C18H28. The lowest BCUT2D eigenvalue weighted by Crippen LogP contribution is -2.03. The molecule has 0 atom stereocenters. The van der Waals surface area contributed by atoms with Crippen LogP contribution in [0.1, 0.15) is 89.9 Å². The Morgan fingerprint density at radius 3 is 1.11 bits per heavy atom. The zero-order valence-corrected chi connectivity index (χ0v) is 11.9. The van der Waals surface area contributed by atoms with E-state index in [4.69, 9.17) is 0 Å². The molecule has 0 fully saturated rings. The summed E-state index contributed by atoms with van der Waals surface area (Å²) in [6.45, 7) is 0. The quantitative estimate of drug-likeness (QED) is 0.484. The van der Waals surface area contributed by atoms with E-state index in [2.05, 4.69) is 0 Å². The average Bonchev–Trinajstić information content (AvgIpc) is 2.71. The summed E-state index contributed by atoms with van der Waals surface area (Å²) in [5.41, 5.74) is 7.48. The summed E-state index contributed by atoms with van der Waals surface area (Å²) in [5.74, 6) is 0. The van der Waals surface area contributed by atoms with Crippen molar-refractivity contribution in [2.75, 3.05) is 0 Å². The van der Waals surface area contributed by atoms with E-state index in [0.29, 0.717) is 0 Å². The van der Waals surface area contributed by atoms with Crippen LogP contribution in [0.15, 0.2) is 22.3 Å². The van der Waals surface area contributed by atoms with Crippen molar-refractivity contribution >= 4 is 0 Å². The van der Waals surface area contributed by atoms with Crippen LogP contribution < -0.4 is 0 Å². The highest BCUT2D eigenvalue weighted by Crippen LogP contribution is 2.40. The van der Waals surface area contributed by atoms with Crippen LogP contribution in [-0.2, 0) is 0 Å². The van der Waals surface area contributed by atoms with Crippen molar-refractivity contribution in [3.8, 4) is 0 Å². The molecule has 0 aromatic rings. The van der Waals surface area contributed by atoms with Gasteiger partial charge < -0.3 is 0 Å². The smallest absolute Gasteiger partial charge is 0.0277 e. The fourth-order valence-corrected chi connectivity index (χ4v) is 4.25. The molecule has 0 aromatic heterocycles. The lowest BCUT2D eigenvalue weighted by molar-refractivity contribution is 0.657. The number of allylic oxidation sites excluding steroid dienone is 4. The summed E-state index contributed by atoms with van der Waals surface area (Å²) < 4.78 is 0. The van der Waals surface area contributed by atoms with E-state index >= 15 is 0 Å². The Hall–Kier alpha value is -0.520. The second-order valence-corrected chi connectivity index (χ2v) is 6.49. The van der Waals surface area contributed by atoms with Gasteiger partial charge >= 0.3 is 0 Å². The minimum atomic E-state index is 1.41. The zero-order valence-electron chi connectivity index (χ0n) is 11.9. The first-order chi connectivity index (χ1) is 8.95. The van der Waals surface area contributed by atoms with Crippen molar-refractivity contribution in [2.45, 2.75) is 89.9 Å². The fourth-order valence-electron chi connectivity index (χ4n) is 4.25. The molecule has 0 radical (unpaired) electrons. The van der Waals surface area contributed by atoms with E-state index in [1.165, 1.54) is 89.9 Å². The van der Waals surface area contributed by atoms with E-state index in [9.17, 15) is 0 Å². The summed E-state index contributed by atoms with van der Waals surface area (Å²) in [6.07, 6.45) is 20.2. The van der Waals surface area contributed by atoms with Crippen LogP contribution in [-0.4, -0.2) is 0 Å². The third-order valence-electron chi connectivity index (χ3n) is 5.24. The Morgan fingerprint density at radius 2 is 0.667 bits per heavy atom. The molecule has 0 aromatic carbocycles. The summed E-state index contributed by atoms with van der Waals surface area (Å²) in [6, 6.07) is 0. The molecule has 0 amide bonds. The molecule has 0 heteroatoms. The normalized spacial score (nSPS) is 26.7. The molecule has 3 rings (SSSR count). The second-order valence-electron chi connectivity index (χ2n) is 6.49. The molecule has 0 unspecified atom stereocenters. The van der Waals surface area contributed by atoms with Gasteiger partial charge in [0.1, 0.15) is 0 Å². The summed E-state index contributed by atoms with van der Waals surface area (Å²) >= 11 is 0. The van der Waals surface area contributed by atoms with E-state index in [1.54, 1.807) is 0 Å². The summed E-state index contributed by atoms with van der Waals surface area (Å²) in [4.78, 5) is 0. The van der Waals surface area contributed by atoms with E-state index < -0.39 is 0 Å². The van der Waals surface area contributed by atoms with Gasteiger partial charge in [0.25, 0.3) is 0 Å². The maximum atomic E-state index is 1.88. The van der Waals surface area contributed by atoms with E-state index in [-0.39, 0.29) is 0 Å². The lowest BCUT2D eigenvalue weighted by atomic mass is 9.83. The van der Waals surface area contributed by atoms with Gasteiger partial charge in [-0.15, -0.1) is 0 Å². The van der Waals surface area contributed by atoms with Crippen molar-refractivity contribution in [2.24, 2.45) is 0 Å². The topological polar surface area (TPSA) is 0 Å². The Kier molecular flexibility index (Phi) is 4.23. The predicted molar refractivity (Wildman–Crippen MR) is 78.7 cm³/mol. The molecular weight excluding hydrogens is 216 g/mol. The third kappa shape index (κ3) is 2.73. The highest BCUT2D eigenvalue weighted by Gasteiger charge is 2.21. The van der Waals surface area contributed by atoms with Gasteiger partial charge in [0, 0.05) is 0 Å². The minimum Gasteiger partial charge on any atom is -0.0667 e. The molecule has 0 saturated heterocycles. The molecule has 100 valence electrons. The molecule has 0 nitrogen and oxygen atoms in total. The van der Waals surface area contributed by atoms with Crippen LogP contribution in [0.4, 0.5) is 0 Å². The SMILES string of the molecule is C1CCC2=C(CC1)C1=C(CCCCC1)CCCC2. The fraction of sp³-hybridized carbons (Fsp3) is 0.778. The van der Waals surface area contributed by atoms with E-state index in [1.807, 2.05) is 22.3 Å². The van der Waals surface area contributed by atoms with Crippen LogP contribution in [0, 0.1) is 0 Å². The Balaban J connectivity index is 1.97. The van der Waals surface area contributed by atoms with Crippen LogP contribution in [0.3, 0.4) is 0 Å². The molecule has 0 saturated carbocycles. The van der Waals surface area contributed by atoms with Gasteiger partial charge in [-0.1, -0.05) is 24.0 Å². The summed E-state index contributed by atoms with van der Waals surface area (Å²) in [5, 5.41) is 0. The van der Waals surface area contributed by atoms with Gasteiger partial charge in [0.15, 0.2) is 0 Å². The second kappa shape index (κ2) is 6.08. The molecule has 0 N–H and O–H groups in total. The highest BCUT2D eigenvalue weighted by atomic mass is 14.3. The number of fused-ring (bicyclic) bond motifs is 1. The predicted octanol–water partition coefficient (Wildman–Crippen LogP) is 6.08. The Labute approximate surface area is 113 Å². The maximum absolute atomic E-state index is 1.88. The molecule has 0 heterocycles. The van der Waals surface area contributed by atoms with E-state index in [0.717, 1.165) is 0 Å². The third-order valence-corrected chi connectivity index (χ3v) is 5.24. The molecule has 18 heavy (non-hydrogen) atoms. The first kappa shape index (κ1) is 12.5. The minimum absolute atomic E-state index is 1.41. The first-order valence-electron chi connectivity index (χ1n) is 8.37. The van der Waals surface area contributed by atoms with Crippen molar-refractivity contribution in [1.29, 1.82) is 0 Å². The maximum Gasteiger partial charge on any atom is -0.0277 e. The van der Waals surface area contributed by atoms with Crippen molar-refractivity contribution in [1.82, 2.24) is 0 Å². The molecule has 3 aliphatic carbocycles. The van der Waals surface area contributed by atoms with Crippen LogP contribution in [0.5, 0.6) is 0 Å². The largest absolute Gasteiger partial charge is 0.0667 e. The van der Waals surface area contributed by atoms with Crippen molar-refractivity contribution in [3.05, 3.63) is 22.3 Å². The number of hydrogen-bond donors (Lipinski definition) is 0.